The topological polar surface area (TPSA) is 51.8 Å². The van der Waals surface area contributed by atoms with Gasteiger partial charge in [0.15, 0.2) is 0 Å². The Morgan fingerprint density at radius 1 is 1.00 bits per heavy atom. The fourth-order valence-electron chi connectivity index (χ4n) is 1.02. The summed E-state index contributed by atoms with van der Waals surface area (Å²) in [5, 5.41) is 0.599. The molecule has 3 nitrogen and oxygen atoms in total. The van der Waals surface area contributed by atoms with Crippen molar-refractivity contribution in [3.63, 3.8) is 0 Å². The van der Waals surface area contributed by atoms with Crippen molar-refractivity contribution in [3.05, 3.63) is 54.9 Å². The van der Waals surface area contributed by atoms with Crippen LogP contribution in [0.15, 0.2) is 24.5 Å². The van der Waals surface area contributed by atoms with E-state index in [4.69, 9.17) is 17.3 Å². The summed E-state index contributed by atoms with van der Waals surface area (Å²) in [4.78, 5) is 7.81. The molecule has 0 spiro atoms. The van der Waals surface area contributed by atoms with Crippen LogP contribution < -0.4 is 5.73 Å². The van der Waals surface area contributed by atoms with Crippen molar-refractivity contribution in [2.24, 2.45) is 0 Å². The van der Waals surface area contributed by atoms with Crippen molar-refractivity contribution >= 4 is 62.6 Å². The van der Waals surface area contributed by atoms with Gasteiger partial charge < -0.3 is 12.7 Å². The molecule has 0 fully saturated rings. The summed E-state index contributed by atoms with van der Waals surface area (Å²) in [6, 6.07) is 3.87. The number of hydrogen-bond acceptors (Lipinski definition) is 3. The van der Waals surface area contributed by atoms with Crippen LogP contribution in [0.5, 0.6) is 0 Å². The maximum Gasteiger partial charge on any atom is 0.132 e. The van der Waals surface area contributed by atoms with E-state index in [1.54, 1.807) is 19.3 Å². The van der Waals surface area contributed by atoms with Gasteiger partial charge in [-0.1, -0.05) is 11.6 Å². The normalized spacial score (nSPS) is 8.52. The van der Waals surface area contributed by atoms with E-state index >= 15 is 0 Å². The first-order valence-corrected chi connectivity index (χ1v) is 8.31. The zero-order valence-electron chi connectivity index (χ0n) is 12.1. The van der Waals surface area contributed by atoms with E-state index in [-0.39, 0.29) is 18.6 Å². The second kappa shape index (κ2) is 12.9. The third-order valence-corrected chi connectivity index (χ3v) is 4.97. The average molecular weight is 568 g/mol. The van der Waals surface area contributed by atoms with Crippen LogP contribution in [0.3, 0.4) is 0 Å². The molecule has 0 aliphatic carbocycles. The molecular formula is C14H17ClI2N3V-. The number of aromatic nitrogens is 2. The molecule has 115 valence electrons. The molecular weight excluding hydrogens is 550 g/mol. The van der Waals surface area contributed by atoms with Gasteiger partial charge in [-0.3, -0.25) is 0 Å². The molecule has 0 amide bonds. The van der Waals surface area contributed by atoms with E-state index in [0.29, 0.717) is 11.0 Å². The van der Waals surface area contributed by atoms with Gasteiger partial charge in [-0.25, -0.2) is 9.97 Å². The molecule has 2 heterocycles. The van der Waals surface area contributed by atoms with Gasteiger partial charge in [0, 0.05) is 43.7 Å². The molecule has 0 saturated heterocycles. The Kier molecular flexibility index (Phi) is 14.6. The Hall–Kier alpha value is 0.434. The first-order chi connectivity index (χ1) is 9.43. The fraction of sp³-hybridized carbons (Fsp3) is 0.214. The largest absolute Gasteiger partial charge is 0.383 e. The number of hydrogen-bond donors (Lipinski definition) is 1. The molecule has 0 saturated carbocycles. The van der Waals surface area contributed by atoms with Crippen molar-refractivity contribution < 1.29 is 18.6 Å². The summed E-state index contributed by atoms with van der Waals surface area (Å²) in [7, 11) is 0. The Morgan fingerprint density at radius 2 is 1.43 bits per heavy atom. The van der Waals surface area contributed by atoms with Gasteiger partial charge in [0.1, 0.15) is 11.0 Å². The average Bonchev–Trinajstić information content (AvgIpc) is 2.45. The molecule has 0 aliphatic heterocycles. The number of rotatable bonds is 0. The molecule has 2 N–H and O–H groups in total. The smallest absolute Gasteiger partial charge is 0.132 e. The molecule has 0 atom stereocenters. The predicted molar refractivity (Wildman–Crippen MR) is 104 cm³/mol. The van der Waals surface area contributed by atoms with Crippen LogP contribution in [0, 0.1) is 27.9 Å². The third kappa shape index (κ3) is 8.59. The molecule has 7 heteroatoms. The van der Waals surface area contributed by atoms with Crippen LogP contribution in [-0.2, 0) is 18.6 Å². The van der Waals surface area contributed by atoms with Crippen LogP contribution in [0.1, 0.15) is 18.1 Å². The molecule has 0 aliphatic rings. The van der Waals surface area contributed by atoms with Gasteiger partial charge in [-0.05, 0) is 76.7 Å². The van der Waals surface area contributed by atoms with Crippen LogP contribution >= 0.6 is 56.8 Å². The molecule has 1 radical (unpaired) electrons. The van der Waals surface area contributed by atoms with E-state index in [9.17, 15) is 0 Å². The minimum atomic E-state index is 0. The SMILES string of the molecule is Cc1c(I)ccnc1Cl.Cc1c(I)ccnc1N.[CH2-]C.[V]. The van der Waals surface area contributed by atoms with Gasteiger partial charge in [0.2, 0.25) is 0 Å². The van der Waals surface area contributed by atoms with Gasteiger partial charge >= 0.3 is 0 Å². The predicted octanol–water partition coefficient (Wildman–Crippen LogP) is 5.06. The van der Waals surface area contributed by atoms with Crippen LogP contribution in [-0.4, -0.2) is 9.97 Å². The minimum Gasteiger partial charge on any atom is -0.383 e. The van der Waals surface area contributed by atoms with Crippen LogP contribution in [0.25, 0.3) is 0 Å². The van der Waals surface area contributed by atoms with Gasteiger partial charge in [0.25, 0.3) is 0 Å². The van der Waals surface area contributed by atoms with Crippen LogP contribution in [0.2, 0.25) is 5.15 Å². The summed E-state index contributed by atoms with van der Waals surface area (Å²) in [5.74, 6) is 0.627. The first kappa shape index (κ1) is 23.7. The van der Waals surface area contributed by atoms with E-state index in [0.717, 1.165) is 14.7 Å². The second-order valence-corrected chi connectivity index (χ2v) is 6.19. The maximum absolute atomic E-state index is 5.70. The fourth-order valence-corrected chi connectivity index (χ4v) is 2.19. The Morgan fingerprint density at radius 3 is 1.76 bits per heavy atom. The third-order valence-electron chi connectivity index (χ3n) is 2.25. The standard InChI is InChI=1S/C6H5ClIN.C6H7IN2.C2H5.V/c1-4-5(8)2-3-9-6(4)7;1-4-5(7)2-3-9-6(4)8;1-2;/h2-3H,1H3;2-3H,1H3,(H2,8,9);1H2,2H3;/q;;-1;. The van der Waals surface area contributed by atoms with Crippen molar-refractivity contribution in [3.8, 4) is 0 Å². The van der Waals surface area contributed by atoms with Crippen molar-refractivity contribution in [2.45, 2.75) is 20.8 Å². The van der Waals surface area contributed by atoms with Crippen molar-refractivity contribution in [1.82, 2.24) is 9.97 Å². The van der Waals surface area contributed by atoms with E-state index in [1.807, 2.05) is 26.0 Å². The zero-order valence-corrected chi connectivity index (χ0v) is 18.5. The molecule has 0 unspecified atom stereocenters. The number of anilines is 1. The van der Waals surface area contributed by atoms with Crippen LogP contribution in [0.4, 0.5) is 5.82 Å². The molecule has 2 rings (SSSR count). The number of nitrogens with two attached hydrogens (primary N) is 1. The molecule has 0 aromatic carbocycles. The minimum absolute atomic E-state index is 0. The number of halogens is 3. The van der Waals surface area contributed by atoms with E-state index in [2.05, 4.69) is 62.1 Å². The van der Waals surface area contributed by atoms with Crippen molar-refractivity contribution in [1.29, 1.82) is 0 Å². The van der Waals surface area contributed by atoms with Gasteiger partial charge in [-0.15, -0.1) is 0 Å². The summed E-state index contributed by atoms with van der Waals surface area (Å²) in [6.45, 7) is 8.92. The first-order valence-electron chi connectivity index (χ1n) is 5.77. The zero-order chi connectivity index (χ0) is 15.7. The summed E-state index contributed by atoms with van der Waals surface area (Å²) in [5.41, 5.74) is 7.63. The number of nitrogens with zero attached hydrogens (tertiary/aromatic N) is 2. The molecule has 21 heavy (non-hydrogen) atoms. The molecule has 0 bridgehead atoms. The van der Waals surface area contributed by atoms with E-state index < -0.39 is 0 Å². The Bertz CT molecular complexity index is 464. The number of pyridine rings is 2. The molecule has 2 aromatic heterocycles. The Labute approximate surface area is 171 Å². The summed E-state index contributed by atoms with van der Waals surface area (Å²) in [6.07, 6.45) is 3.42. The quantitative estimate of drug-likeness (QED) is 0.275. The number of nitrogen functional groups attached to an aromatic ring is 1. The van der Waals surface area contributed by atoms with E-state index in [1.165, 1.54) is 3.57 Å². The van der Waals surface area contributed by atoms with Gasteiger partial charge in [-0.2, -0.15) is 6.92 Å². The maximum atomic E-state index is 5.70. The summed E-state index contributed by atoms with van der Waals surface area (Å²) >= 11 is 10.2. The Balaban J connectivity index is 0. The monoisotopic (exact) mass is 567 g/mol. The molecule has 2 aromatic rings. The second-order valence-electron chi connectivity index (χ2n) is 3.51. The van der Waals surface area contributed by atoms with Crippen molar-refractivity contribution in [2.75, 3.05) is 5.73 Å². The van der Waals surface area contributed by atoms with Gasteiger partial charge in [0.05, 0.1) is 0 Å². The summed E-state index contributed by atoms with van der Waals surface area (Å²) < 4.78 is 2.33.